The van der Waals surface area contributed by atoms with E-state index in [1.807, 2.05) is 0 Å². The average molecular weight is 393 g/mol. The summed E-state index contributed by atoms with van der Waals surface area (Å²) in [5, 5.41) is 3.72. The third-order valence-corrected chi connectivity index (χ3v) is 4.63. The van der Waals surface area contributed by atoms with Crippen LogP contribution in [0.5, 0.6) is 0 Å². The standard InChI is InChI=1S/C19H24IN/c1-16(10-8-9-15-20)19(17-11-4-2-5-12-17)21-18-13-6-3-7-14-18/h2-7,11-14,16,19,21H,8-10,15H2,1H3/t16-,19+/m1/s1. The third kappa shape index (κ3) is 5.34. The Kier molecular flexibility index (Phi) is 7.07. The highest BCUT2D eigenvalue weighted by atomic mass is 127. The molecule has 2 atom stereocenters. The second-order valence-electron chi connectivity index (χ2n) is 5.56. The summed E-state index contributed by atoms with van der Waals surface area (Å²) in [6.45, 7) is 2.36. The van der Waals surface area contributed by atoms with E-state index in [-0.39, 0.29) is 0 Å². The zero-order valence-corrected chi connectivity index (χ0v) is 14.8. The van der Waals surface area contributed by atoms with Crippen molar-refractivity contribution in [2.45, 2.75) is 32.2 Å². The van der Waals surface area contributed by atoms with E-state index >= 15 is 0 Å². The maximum Gasteiger partial charge on any atom is 0.0539 e. The number of unbranched alkanes of at least 4 members (excludes halogenated alkanes) is 1. The predicted octanol–water partition coefficient (Wildman–Crippen LogP) is 6.08. The summed E-state index contributed by atoms with van der Waals surface area (Å²) in [6, 6.07) is 21.7. The summed E-state index contributed by atoms with van der Waals surface area (Å²) >= 11 is 2.47. The molecule has 2 heteroatoms. The number of hydrogen-bond donors (Lipinski definition) is 1. The summed E-state index contributed by atoms with van der Waals surface area (Å²) in [6.07, 6.45) is 3.89. The number of anilines is 1. The average Bonchev–Trinajstić information content (AvgIpc) is 2.54. The first-order valence-electron chi connectivity index (χ1n) is 7.73. The second kappa shape index (κ2) is 9.08. The van der Waals surface area contributed by atoms with Crippen LogP contribution in [-0.4, -0.2) is 4.43 Å². The maximum absolute atomic E-state index is 3.72. The van der Waals surface area contributed by atoms with E-state index in [0.29, 0.717) is 12.0 Å². The first-order valence-corrected chi connectivity index (χ1v) is 9.26. The minimum atomic E-state index is 0.378. The lowest BCUT2D eigenvalue weighted by Gasteiger charge is -2.27. The van der Waals surface area contributed by atoms with Gasteiger partial charge >= 0.3 is 0 Å². The summed E-state index contributed by atoms with van der Waals surface area (Å²) < 4.78 is 1.26. The fraction of sp³-hybridized carbons (Fsp3) is 0.368. The molecule has 21 heavy (non-hydrogen) atoms. The third-order valence-electron chi connectivity index (χ3n) is 3.87. The van der Waals surface area contributed by atoms with Crippen molar-refractivity contribution in [1.29, 1.82) is 0 Å². The molecule has 2 rings (SSSR count). The molecule has 112 valence electrons. The van der Waals surface area contributed by atoms with E-state index < -0.39 is 0 Å². The molecule has 0 unspecified atom stereocenters. The molecule has 0 aliphatic heterocycles. The molecule has 0 saturated carbocycles. The summed E-state index contributed by atoms with van der Waals surface area (Å²) in [4.78, 5) is 0. The zero-order valence-electron chi connectivity index (χ0n) is 12.6. The lowest BCUT2D eigenvalue weighted by atomic mass is 9.90. The molecule has 0 amide bonds. The molecular weight excluding hydrogens is 369 g/mol. The van der Waals surface area contributed by atoms with Crippen molar-refractivity contribution in [1.82, 2.24) is 0 Å². The van der Waals surface area contributed by atoms with Gasteiger partial charge in [-0.2, -0.15) is 0 Å². The van der Waals surface area contributed by atoms with Crippen molar-refractivity contribution < 1.29 is 0 Å². The Morgan fingerprint density at radius 2 is 1.52 bits per heavy atom. The molecule has 0 aliphatic rings. The Bertz CT molecular complexity index is 497. The molecule has 0 saturated heterocycles. The molecule has 0 fully saturated rings. The number of para-hydroxylation sites is 1. The largest absolute Gasteiger partial charge is 0.378 e. The van der Waals surface area contributed by atoms with Gasteiger partial charge in [0.05, 0.1) is 6.04 Å². The highest BCUT2D eigenvalue weighted by molar-refractivity contribution is 14.1. The Morgan fingerprint density at radius 1 is 0.905 bits per heavy atom. The highest BCUT2D eigenvalue weighted by Gasteiger charge is 2.18. The summed E-state index contributed by atoms with van der Waals surface area (Å²) in [7, 11) is 0. The lowest BCUT2D eigenvalue weighted by molar-refractivity contribution is 0.445. The van der Waals surface area contributed by atoms with Gasteiger partial charge in [-0.1, -0.05) is 84.5 Å². The van der Waals surface area contributed by atoms with Gasteiger partial charge in [0.1, 0.15) is 0 Å². The van der Waals surface area contributed by atoms with E-state index in [1.54, 1.807) is 0 Å². The number of nitrogens with one attached hydrogen (secondary N) is 1. The van der Waals surface area contributed by atoms with Crippen LogP contribution in [0.25, 0.3) is 0 Å². The Balaban J connectivity index is 2.10. The molecule has 0 bridgehead atoms. The molecule has 2 aromatic rings. The summed E-state index contributed by atoms with van der Waals surface area (Å²) in [5.41, 5.74) is 2.58. The molecule has 0 aliphatic carbocycles. The normalized spacial score (nSPS) is 13.6. The van der Waals surface area contributed by atoms with Gasteiger partial charge < -0.3 is 5.32 Å². The smallest absolute Gasteiger partial charge is 0.0539 e. The second-order valence-corrected chi connectivity index (χ2v) is 6.64. The van der Waals surface area contributed by atoms with Gasteiger partial charge in [0.25, 0.3) is 0 Å². The SMILES string of the molecule is C[C@H](CCCCI)[C@H](Nc1ccccc1)c1ccccc1. The molecule has 1 nitrogen and oxygen atoms in total. The van der Waals surface area contributed by atoms with Crippen molar-refractivity contribution in [2.75, 3.05) is 9.74 Å². The van der Waals surface area contributed by atoms with Crippen LogP contribution in [0.15, 0.2) is 60.7 Å². The van der Waals surface area contributed by atoms with Crippen LogP contribution in [0.3, 0.4) is 0 Å². The maximum atomic E-state index is 3.72. The zero-order chi connectivity index (χ0) is 14.9. The van der Waals surface area contributed by atoms with Gasteiger partial charge in [-0.15, -0.1) is 0 Å². The molecule has 0 radical (unpaired) electrons. The monoisotopic (exact) mass is 393 g/mol. The van der Waals surface area contributed by atoms with Gasteiger partial charge in [0, 0.05) is 5.69 Å². The van der Waals surface area contributed by atoms with Gasteiger partial charge in [-0.25, -0.2) is 0 Å². The van der Waals surface area contributed by atoms with Crippen LogP contribution in [0.4, 0.5) is 5.69 Å². The molecule has 0 aromatic heterocycles. The van der Waals surface area contributed by atoms with Gasteiger partial charge in [-0.3, -0.25) is 0 Å². The molecule has 1 N–H and O–H groups in total. The molecule has 2 aromatic carbocycles. The highest BCUT2D eigenvalue weighted by Crippen LogP contribution is 2.29. The fourth-order valence-electron chi connectivity index (χ4n) is 2.66. The topological polar surface area (TPSA) is 12.0 Å². The fourth-order valence-corrected chi connectivity index (χ4v) is 3.20. The number of halogens is 1. The minimum Gasteiger partial charge on any atom is -0.378 e. The Hall–Kier alpha value is -1.03. The first kappa shape index (κ1) is 16.3. The van der Waals surface area contributed by atoms with E-state index in [1.165, 1.54) is 34.9 Å². The first-order chi connectivity index (χ1) is 10.3. The minimum absolute atomic E-state index is 0.378. The van der Waals surface area contributed by atoms with Crippen molar-refractivity contribution in [2.24, 2.45) is 5.92 Å². The number of alkyl halides is 1. The van der Waals surface area contributed by atoms with Gasteiger partial charge in [-0.05, 0) is 40.9 Å². The van der Waals surface area contributed by atoms with Crippen LogP contribution in [0, 0.1) is 5.92 Å². The van der Waals surface area contributed by atoms with Gasteiger partial charge in [0.15, 0.2) is 0 Å². The van der Waals surface area contributed by atoms with E-state index in [0.717, 1.165) is 0 Å². The number of hydrogen-bond acceptors (Lipinski definition) is 1. The van der Waals surface area contributed by atoms with E-state index in [4.69, 9.17) is 0 Å². The van der Waals surface area contributed by atoms with Crippen molar-refractivity contribution in [3.05, 3.63) is 66.2 Å². The van der Waals surface area contributed by atoms with Crippen LogP contribution in [0.2, 0.25) is 0 Å². The summed E-state index contributed by atoms with van der Waals surface area (Å²) in [5.74, 6) is 0.621. The van der Waals surface area contributed by atoms with E-state index in [9.17, 15) is 0 Å². The number of rotatable bonds is 8. The lowest BCUT2D eigenvalue weighted by Crippen LogP contribution is -2.19. The predicted molar refractivity (Wildman–Crippen MR) is 101 cm³/mol. The van der Waals surface area contributed by atoms with Crippen molar-refractivity contribution in [3.63, 3.8) is 0 Å². The van der Waals surface area contributed by atoms with Crippen LogP contribution in [-0.2, 0) is 0 Å². The quantitative estimate of drug-likeness (QED) is 0.326. The van der Waals surface area contributed by atoms with Crippen molar-refractivity contribution >= 4 is 28.3 Å². The number of benzene rings is 2. The Labute approximate surface area is 142 Å². The molecule has 0 heterocycles. The van der Waals surface area contributed by atoms with Crippen LogP contribution < -0.4 is 5.32 Å². The van der Waals surface area contributed by atoms with Crippen LogP contribution in [0.1, 0.15) is 37.8 Å². The van der Waals surface area contributed by atoms with Crippen LogP contribution >= 0.6 is 22.6 Å². The molecule has 0 spiro atoms. The van der Waals surface area contributed by atoms with Crippen molar-refractivity contribution in [3.8, 4) is 0 Å². The van der Waals surface area contributed by atoms with E-state index in [2.05, 4.69) is 95.5 Å². The van der Waals surface area contributed by atoms with Gasteiger partial charge in [0.2, 0.25) is 0 Å². The molecular formula is C19H24IN. The Morgan fingerprint density at radius 3 is 2.14 bits per heavy atom.